The molecule has 1 aromatic heterocycles. The zero-order valence-corrected chi connectivity index (χ0v) is 16.6. The van der Waals surface area contributed by atoms with Crippen molar-refractivity contribution in [3.05, 3.63) is 35.5 Å². The predicted octanol–water partition coefficient (Wildman–Crippen LogP) is 2.50. The Kier molecular flexibility index (Phi) is 4.99. The van der Waals surface area contributed by atoms with Crippen molar-refractivity contribution in [1.29, 1.82) is 0 Å². The third-order valence-electron chi connectivity index (χ3n) is 5.78. The molecule has 4 rings (SSSR count). The molecule has 0 bridgehead atoms. The molecule has 0 aliphatic carbocycles. The Labute approximate surface area is 160 Å². The monoisotopic (exact) mass is 389 g/mol. The van der Waals surface area contributed by atoms with Crippen LogP contribution in [0.15, 0.2) is 24.3 Å². The third-order valence-corrected chi connectivity index (χ3v) is 7.83. The fourth-order valence-electron chi connectivity index (χ4n) is 4.40. The largest absolute Gasteiger partial charge is 0.358 e. The zero-order chi connectivity index (χ0) is 19.0. The molecular formula is C20H27N3O3S. The SMILES string of the molecule is CCCS(=O)(=O)N1CCC[C@@H](C(=O)N2CCc3[nH]c4ccccc4c3C2)C1. The van der Waals surface area contributed by atoms with Crippen molar-refractivity contribution >= 4 is 26.8 Å². The number of aromatic nitrogens is 1. The van der Waals surface area contributed by atoms with E-state index in [1.54, 1.807) is 0 Å². The highest BCUT2D eigenvalue weighted by Gasteiger charge is 2.35. The summed E-state index contributed by atoms with van der Waals surface area (Å²) in [6.07, 6.45) is 2.95. The van der Waals surface area contributed by atoms with Gasteiger partial charge in [-0.15, -0.1) is 0 Å². The van der Waals surface area contributed by atoms with Crippen LogP contribution in [0.3, 0.4) is 0 Å². The molecule has 27 heavy (non-hydrogen) atoms. The Morgan fingerprint density at radius 3 is 2.89 bits per heavy atom. The number of piperidine rings is 1. The predicted molar refractivity (Wildman–Crippen MR) is 106 cm³/mol. The second-order valence-electron chi connectivity index (χ2n) is 7.65. The van der Waals surface area contributed by atoms with Gasteiger partial charge in [-0.3, -0.25) is 4.79 Å². The average Bonchev–Trinajstić information content (AvgIpc) is 3.05. The summed E-state index contributed by atoms with van der Waals surface area (Å²) >= 11 is 0. The van der Waals surface area contributed by atoms with Crippen LogP contribution < -0.4 is 0 Å². The number of carbonyl (C=O) groups excluding carboxylic acids is 1. The molecule has 3 heterocycles. The topological polar surface area (TPSA) is 73.5 Å². The number of benzene rings is 1. The molecule has 1 amide bonds. The zero-order valence-electron chi connectivity index (χ0n) is 15.8. The van der Waals surface area contributed by atoms with Gasteiger partial charge < -0.3 is 9.88 Å². The summed E-state index contributed by atoms with van der Waals surface area (Å²) in [5.41, 5.74) is 3.54. The van der Waals surface area contributed by atoms with E-state index in [1.165, 1.54) is 20.9 Å². The van der Waals surface area contributed by atoms with Gasteiger partial charge in [-0.1, -0.05) is 25.1 Å². The smallest absolute Gasteiger partial charge is 0.227 e. The van der Waals surface area contributed by atoms with Gasteiger partial charge in [0.05, 0.1) is 11.7 Å². The minimum Gasteiger partial charge on any atom is -0.358 e. The number of amides is 1. The van der Waals surface area contributed by atoms with Crippen molar-refractivity contribution in [2.75, 3.05) is 25.4 Å². The number of para-hydroxylation sites is 1. The number of hydrogen-bond donors (Lipinski definition) is 1. The van der Waals surface area contributed by atoms with Crippen molar-refractivity contribution in [1.82, 2.24) is 14.2 Å². The molecule has 1 aromatic carbocycles. The fourth-order valence-corrected chi connectivity index (χ4v) is 5.98. The Morgan fingerprint density at radius 2 is 2.07 bits per heavy atom. The summed E-state index contributed by atoms with van der Waals surface area (Å²) in [4.78, 5) is 18.5. The summed E-state index contributed by atoms with van der Waals surface area (Å²) in [6.45, 7) is 4.04. The molecule has 2 aliphatic rings. The summed E-state index contributed by atoms with van der Waals surface area (Å²) in [5.74, 6) is 0.0375. The number of aromatic amines is 1. The van der Waals surface area contributed by atoms with Crippen molar-refractivity contribution < 1.29 is 13.2 Å². The van der Waals surface area contributed by atoms with E-state index < -0.39 is 10.0 Å². The second-order valence-corrected chi connectivity index (χ2v) is 9.74. The number of fused-ring (bicyclic) bond motifs is 3. The molecule has 0 radical (unpaired) electrons. The molecule has 1 fully saturated rings. The van der Waals surface area contributed by atoms with Gasteiger partial charge in [0, 0.05) is 54.8 Å². The lowest BCUT2D eigenvalue weighted by molar-refractivity contribution is -0.137. The quantitative estimate of drug-likeness (QED) is 0.873. The van der Waals surface area contributed by atoms with Crippen LogP contribution >= 0.6 is 0 Å². The molecule has 0 saturated carbocycles. The number of nitrogens with one attached hydrogen (secondary N) is 1. The van der Waals surface area contributed by atoms with Crippen molar-refractivity contribution in [3.63, 3.8) is 0 Å². The lowest BCUT2D eigenvalue weighted by Crippen LogP contribution is -2.48. The van der Waals surface area contributed by atoms with Crippen LogP contribution in [-0.4, -0.2) is 53.9 Å². The lowest BCUT2D eigenvalue weighted by atomic mass is 9.96. The molecule has 2 aliphatic heterocycles. The number of hydrogen-bond acceptors (Lipinski definition) is 3. The van der Waals surface area contributed by atoms with E-state index in [1.807, 2.05) is 24.0 Å². The van der Waals surface area contributed by atoms with E-state index in [-0.39, 0.29) is 17.6 Å². The van der Waals surface area contributed by atoms with Crippen LogP contribution in [0.4, 0.5) is 0 Å². The van der Waals surface area contributed by atoms with Crippen LogP contribution in [0, 0.1) is 5.92 Å². The first kappa shape index (κ1) is 18.5. The summed E-state index contributed by atoms with van der Waals surface area (Å²) < 4.78 is 26.3. The maximum Gasteiger partial charge on any atom is 0.227 e. The maximum absolute atomic E-state index is 13.1. The molecule has 146 valence electrons. The molecule has 6 nitrogen and oxygen atoms in total. The Bertz CT molecular complexity index is 951. The minimum absolute atomic E-state index is 0.0994. The molecule has 2 aromatic rings. The number of H-pyrrole nitrogens is 1. The number of nitrogens with zero attached hydrogens (tertiary/aromatic N) is 2. The van der Waals surface area contributed by atoms with E-state index in [2.05, 4.69) is 17.1 Å². The van der Waals surface area contributed by atoms with Gasteiger partial charge in [-0.2, -0.15) is 0 Å². The Hall–Kier alpha value is -1.86. The van der Waals surface area contributed by atoms with Gasteiger partial charge in [-0.25, -0.2) is 12.7 Å². The molecular weight excluding hydrogens is 362 g/mol. The normalized spacial score (nSPS) is 21.4. The van der Waals surface area contributed by atoms with Crippen molar-refractivity contribution in [2.45, 2.75) is 39.2 Å². The van der Waals surface area contributed by atoms with Gasteiger partial charge in [0.15, 0.2) is 0 Å². The molecule has 1 atom stereocenters. The summed E-state index contributed by atoms with van der Waals surface area (Å²) in [7, 11) is -3.24. The highest BCUT2D eigenvalue weighted by Crippen LogP contribution is 2.29. The lowest BCUT2D eigenvalue weighted by Gasteiger charge is -2.35. The van der Waals surface area contributed by atoms with Gasteiger partial charge >= 0.3 is 0 Å². The summed E-state index contributed by atoms with van der Waals surface area (Å²) in [6, 6.07) is 8.20. The van der Waals surface area contributed by atoms with E-state index in [0.29, 0.717) is 32.6 Å². The average molecular weight is 390 g/mol. The third kappa shape index (κ3) is 3.50. The molecule has 0 unspecified atom stereocenters. The van der Waals surface area contributed by atoms with E-state index in [0.717, 1.165) is 24.8 Å². The molecule has 1 N–H and O–H groups in total. The first-order valence-corrected chi connectivity index (χ1v) is 11.5. The highest BCUT2D eigenvalue weighted by atomic mass is 32.2. The standard InChI is InChI=1S/C20H27N3O3S/c1-2-12-27(25,26)23-10-5-6-15(13-23)20(24)22-11-9-19-17(14-22)16-7-3-4-8-18(16)21-19/h3-4,7-8,15,21H,2,5-6,9-14H2,1H3/t15-/m1/s1. The molecule has 1 saturated heterocycles. The van der Waals surface area contributed by atoms with Crippen molar-refractivity contribution in [3.8, 4) is 0 Å². The van der Waals surface area contributed by atoms with Crippen LogP contribution in [0.1, 0.15) is 37.4 Å². The van der Waals surface area contributed by atoms with Gasteiger partial charge in [0.25, 0.3) is 0 Å². The van der Waals surface area contributed by atoms with Crippen LogP contribution in [0.2, 0.25) is 0 Å². The highest BCUT2D eigenvalue weighted by molar-refractivity contribution is 7.89. The van der Waals surface area contributed by atoms with Crippen LogP contribution in [0.5, 0.6) is 0 Å². The van der Waals surface area contributed by atoms with Crippen LogP contribution in [-0.2, 0) is 27.8 Å². The van der Waals surface area contributed by atoms with Crippen molar-refractivity contribution in [2.24, 2.45) is 5.92 Å². The Morgan fingerprint density at radius 1 is 1.26 bits per heavy atom. The van der Waals surface area contributed by atoms with Crippen LogP contribution in [0.25, 0.3) is 10.9 Å². The maximum atomic E-state index is 13.1. The van der Waals surface area contributed by atoms with Gasteiger partial charge in [0.1, 0.15) is 0 Å². The van der Waals surface area contributed by atoms with Gasteiger partial charge in [0.2, 0.25) is 15.9 Å². The van der Waals surface area contributed by atoms with Gasteiger partial charge in [-0.05, 0) is 25.3 Å². The number of carbonyl (C=O) groups is 1. The number of rotatable bonds is 4. The fraction of sp³-hybridized carbons (Fsp3) is 0.550. The van der Waals surface area contributed by atoms with E-state index in [4.69, 9.17) is 0 Å². The van der Waals surface area contributed by atoms with E-state index in [9.17, 15) is 13.2 Å². The Balaban J connectivity index is 1.50. The molecule has 0 spiro atoms. The first-order valence-electron chi connectivity index (χ1n) is 9.84. The first-order chi connectivity index (χ1) is 13.0. The van der Waals surface area contributed by atoms with E-state index >= 15 is 0 Å². The summed E-state index contributed by atoms with van der Waals surface area (Å²) in [5, 5.41) is 1.18. The molecule has 7 heteroatoms. The minimum atomic E-state index is -3.24. The second kappa shape index (κ2) is 7.28. The number of sulfonamides is 1.